The van der Waals surface area contributed by atoms with E-state index in [9.17, 15) is 4.79 Å². The quantitative estimate of drug-likeness (QED) is 0.726. The molecule has 0 radical (unpaired) electrons. The van der Waals surface area contributed by atoms with Gasteiger partial charge in [-0.2, -0.15) is 5.10 Å². The number of rotatable bonds is 4. The molecule has 0 aliphatic carbocycles. The lowest BCUT2D eigenvalue weighted by Gasteiger charge is -2.16. The number of amides is 1. The summed E-state index contributed by atoms with van der Waals surface area (Å²) in [5.41, 5.74) is 1.72. The minimum Gasteiger partial charge on any atom is -0.338 e. The zero-order valence-electron chi connectivity index (χ0n) is 11.7. The highest BCUT2D eigenvalue weighted by Crippen LogP contribution is 2.12. The van der Waals surface area contributed by atoms with Crippen LogP contribution in [-0.2, 0) is 17.9 Å². The van der Waals surface area contributed by atoms with Crippen molar-refractivity contribution in [1.29, 1.82) is 0 Å². The van der Waals surface area contributed by atoms with Crippen LogP contribution >= 0.6 is 0 Å². The second-order valence-electron chi connectivity index (χ2n) is 4.81. The molecule has 0 atom stereocenters. The Bertz CT molecular complexity index is 753. The van der Waals surface area contributed by atoms with Crippen LogP contribution in [0.2, 0.25) is 0 Å². The van der Waals surface area contributed by atoms with Gasteiger partial charge < -0.3 is 4.90 Å². The zero-order valence-corrected chi connectivity index (χ0v) is 11.7. The van der Waals surface area contributed by atoms with Crippen LogP contribution in [-0.4, -0.2) is 37.6 Å². The summed E-state index contributed by atoms with van der Waals surface area (Å²) in [6.07, 6.45) is 6.66. The molecular formula is C15H15N5O. The highest BCUT2D eigenvalue weighted by atomic mass is 16.2. The van der Waals surface area contributed by atoms with Gasteiger partial charge >= 0.3 is 0 Å². The maximum Gasteiger partial charge on any atom is 0.244 e. The van der Waals surface area contributed by atoms with Crippen LogP contribution in [0.15, 0.2) is 49.1 Å². The van der Waals surface area contributed by atoms with E-state index in [0.717, 1.165) is 16.6 Å². The number of para-hydroxylation sites is 1. The van der Waals surface area contributed by atoms with Crippen molar-refractivity contribution in [2.45, 2.75) is 13.1 Å². The van der Waals surface area contributed by atoms with Gasteiger partial charge in [-0.3, -0.25) is 19.4 Å². The number of fused-ring (bicyclic) bond motifs is 1. The number of aromatic nitrogens is 4. The van der Waals surface area contributed by atoms with Crippen molar-refractivity contribution in [3.8, 4) is 0 Å². The predicted octanol–water partition coefficient (Wildman–Crippen LogP) is 1.48. The number of nitrogens with zero attached hydrogens (tertiary/aromatic N) is 5. The average Bonchev–Trinajstić information content (AvgIpc) is 2.91. The maximum atomic E-state index is 12.3. The Hall–Kier alpha value is -2.76. The van der Waals surface area contributed by atoms with E-state index >= 15 is 0 Å². The zero-order chi connectivity index (χ0) is 14.7. The molecule has 1 amide bonds. The molecule has 0 N–H and O–H groups in total. The van der Waals surface area contributed by atoms with Gasteiger partial charge in [-0.1, -0.05) is 18.2 Å². The van der Waals surface area contributed by atoms with E-state index in [1.165, 1.54) is 0 Å². The number of benzene rings is 1. The third-order valence-corrected chi connectivity index (χ3v) is 3.28. The first-order valence-electron chi connectivity index (χ1n) is 6.63. The van der Waals surface area contributed by atoms with Crippen LogP contribution in [0.1, 0.15) is 5.69 Å². The van der Waals surface area contributed by atoms with Crippen LogP contribution in [0.3, 0.4) is 0 Å². The summed E-state index contributed by atoms with van der Waals surface area (Å²) < 4.78 is 1.71. The number of carbonyl (C=O) groups excluding carboxylic acids is 1. The average molecular weight is 281 g/mol. The summed E-state index contributed by atoms with van der Waals surface area (Å²) in [5, 5.41) is 5.30. The number of carbonyl (C=O) groups is 1. The molecule has 6 nitrogen and oxygen atoms in total. The van der Waals surface area contributed by atoms with E-state index in [-0.39, 0.29) is 12.5 Å². The molecular weight excluding hydrogens is 266 g/mol. The maximum absolute atomic E-state index is 12.3. The van der Waals surface area contributed by atoms with E-state index < -0.39 is 0 Å². The minimum atomic E-state index is -0.0190. The summed E-state index contributed by atoms with van der Waals surface area (Å²) in [7, 11) is 1.75. The van der Waals surface area contributed by atoms with Crippen molar-refractivity contribution in [3.05, 3.63) is 54.7 Å². The molecule has 1 aromatic carbocycles. The molecule has 6 heteroatoms. The Balaban J connectivity index is 1.71. The fourth-order valence-electron chi connectivity index (χ4n) is 2.14. The van der Waals surface area contributed by atoms with Crippen LogP contribution in [0.4, 0.5) is 0 Å². The number of hydrogen-bond donors (Lipinski definition) is 0. The third-order valence-electron chi connectivity index (χ3n) is 3.28. The monoisotopic (exact) mass is 281 g/mol. The SMILES string of the molecule is CN(Cc1cnccn1)C(=O)Cn1ncc2ccccc21. The first kappa shape index (κ1) is 13.2. The molecule has 3 rings (SSSR count). The topological polar surface area (TPSA) is 63.9 Å². The van der Waals surface area contributed by atoms with E-state index in [1.54, 1.807) is 41.4 Å². The first-order chi connectivity index (χ1) is 10.2. The normalized spacial score (nSPS) is 10.7. The fourth-order valence-corrected chi connectivity index (χ4v) is 2.14. The highest BCUT2D eigenvalue weighted by molar-refractivity contribution is 5.81. The lowest BCUT2D eigenvalue weighted by molar-refractivity contribution is -0.131. The molecule has 0 bridgehead atoms. The summed E-state index contributed by atoms with van der Waals surface area (Å²) in [4.78, 5) is 22.1. The molecule has 2 aromatic heterocycles. The minimum absolute atomic E-state index is 0.0190. The second kappa shape index (κ2) is 5.70. The van der Waals surface area contributed by atoms with Crippen molar-refractivity contribution in [1.82, 2.24) is 24.6 Å². The van der Waals surface area contributed by atoms with Gasteiger partial charge in [-0.25, -0.2) is 0 Å². The molecule has 0 aliphatic heterocycles. The molecule has 0 fully saturated rings. The molecule has 0 spiro atoms. The molecule has 0 saturated heterocycles. The lowest BCUT2D eigenvalue weighted by Crippen LogP contribution is -2.30. The smallest absolute Gasteiger partial charge is 0.244 e. The van der Waals surface area contributed by atoms with Gasteiger partial charge in [0.05, 0.1) is 30.1 Å². The van der Waals surface area contributed by atoms with Gasteiger partial charge in [0.1, 0.15) is 6.54 Å². The fraction of sp³-hybridized carbons (Fsp3) is 0.200. The Kier molecular flexibility index (Phi) is 3.59. The molecule has 21 heavy (non-hydrogen) atoms. The van der Waals surface area contributed by atoms with E-state index in [4.69, 9.17) is 0 Å². The highest BCUT2D eigenvalue weighted by Gasteiger charge is 2.12. The van der Waals surface area contributed by atoms with Crippen LogP contribution < -0.4 is 0 Å². The van der Waals surface area contributed by atoms with Crippen molar-refractivity contribution < 1.29 is 4.79 Å². The largest absolute Gasteiger partial charge is 0.338 e. The van der Waals surface area contributed by atoms with Crippen molar-refractivity contribution in [2.75, 3.05) is 7.05 Å². The Morgan fingerprint density at radius 2 is 2.10 bits per heavy atom. The first-order valence-corrected chi connectivity index (χ1v) is 6.63. The van der Waals surface area contributed by atoms with Crippen molar-refractivity contribution >= 4 is 16.8 Å². The Morgan fingerprint density at radius 3 is 2.90 bits per heavy atom. The van der Waals surface area contributed by atoms with E-state index in [2.05, 4.69) is 15.1 Å². The Morgan fingerprint density at radius 1 is 1.24 bits per heavy atom. The molecule has 3 aromatic rings. The standard InChI is InChI=1S/C15H15N5O/c1-19(10-13-9-16-6-7-17-13)15(21)11-20-14-5-3-2-4-12(14)8-18-20/h2-9H,10-11H2,1H3. The summed E-state index contributed by atoms with van der Waals surface area (Å²) >= 11 is 0. The van der Waals surface area contributed by atoms with Crippen molar-refractivity contribution in [2.24, 2.45) is 0 Å². The van der Waals surface area contributed by atoms with Gasteiger partial charge in [0.25, 0.3) is 0 Å². The van der Waals surface area contributed by atoms with E-state index in [1.807, 2.05) is 24.3 Å². The van der Waals surface area contributed by atoms with Crippen LogP contribution in [0.25, 0.3) is 10.9 Å². The van der Waals surface area contributed by atoms with E-state index in [0.29, 0.717) is 6.54 Å². The molecule has 0 aliphatic rings. The molecule has 0 saturated carbocycles. The summed E-state index contributed by atoms with van der Waals surface area (Å²) in [5.74, 6) is -0.0190. The number of likely N-dealkylation sites (N-methyl/N-ethyl adjacent to an activating group) is 1. The van der Waals surface area contributed by atoms with Crippen LogP contribution in [0, 0.1) is 0 Å². The van der Waals surface area contributed by atoms with Gasteiger partial charge in [0.2, 0.25) is 5.91 Å². The molecule has 0 unspecified atom stereocenters. The third kappa shape index (κ3) is 2.89. The number of hydrogen-bond acceptors (Lipinski definition) is 4. The van der Waals surface area contributed by atoms with Crippen LogP contribution in [0.5, 0.6) is 0 Å². The molecule has 106 valence electrons. The van der Waals surface area contributed by atoms with Gasteiger partial charge in [0, 0.05) is 24.8 Å². The summed E-state index contributed by atoms with van der Waals surface area (Å²) in [6.45, 7) is 0.649. The Labute approximate surface area is 122 Å². The predicted molar refractivity (Wildman–Crippen MR) is 78.2 cm³/mol. The second-order valence-corrected chi connectivity index (χ2v) is 4.81. The van der Waals surface area contributed by atoms with Gasteiger partial charge in [-0.05, 0) is 6.07 Å². The van der Waals surface area contributed by atoms with Gasteiger partial charge in [-0.15, -0.1) is 0 Å². The van der Waals surface area contributed by atoms with Gasteiger partial charge in [0.15, 0.2) is 0 Å². The molecule has 2 heterocycles. The summed E-state index contributed by atoms with van der Waals surface area (Å²) in [6, 6.07) is 7.83. The lowest BCUT2D eigenvalue weighted by atomic mass is 10.2. The van der Waals surface area contributed by atoms with Crippen molar-refractivity contribution in [3.63, 3.8) is 0 Å².